The van der Waals surface area contributed by atoms with Crippen LogP contribution in [0.25, 0.3) is 16.9 Å². The van der Waals surface area contributed by atoms with E-state index in [1.54, 1.807) is 16.8 Å². The number of halogens is 2. The third kappa shape index (κ3) is 4.12. The molecule has 2 aromatic carbocycles. The quantitative estimate of drug-likeness (QED) is 0.495. The molecular weight excluding hydrogens is 459 g/mol. The maximum Gasteiger partial charge on any atom is 0.286 e. The lowest BCUT2D eigenvalue weighted by Gasteiger charge is -2.33. The highest BCUT2D eigenvalue weighted by Gasteiger charge is 2.41. The molecule has 1 N–H and O–H groups in total. The van der Waals surface area contributed by atoms with Gasteiger partial charge in [-0.1, -0.05) is 48.2 Å². The molecule has 0 unspecified atom stereocenters. The van der Waals surface area contributed by atoms with E-state index in [0.717, 1.165) is 48.5 Å². The summed E-state index contributed by atoms with van der Waals surface area (Å²) in [5.74, 6) is 0.494. The normalized spacial score (nSPS) is 17.5. The van der Waals surface area contributed by atoms with E-state index in [4.69, 9.17) is 33.0 Å². The summed E-state index contributed by atoms with van der Waals surface area (Å²) in [4.78, 5) is 13.5. The van der Waals surface area contributed by atoms with Crippen molar-refractivity contribution in [1.29, 1.82) is 0 Å². The average molecular weight is 485 g/mol. The number of nitrogens with zero attached hydrogens (tertiary/aromatic N) is 3. The van der Waals surface area contributed by atoms with E-state index in [9.17, 15) is 4.79 Å². The summed E-state index contributed by atoms with van der Waals surface area (Å²) in [5.41, 5.74) is 5.69. The number of ether oxygens (including phenoxy) is 1. The molecule has 0 bridgehead atoms. The molecule has 1 fully saturated rings. The number of hydrogen-bond donors (Lipinski definition) is 1. The number of para-hydroxylation sites is 1. The van der Waals surface area contributed by atoms with E-state index in [2.05, 4.69) is 5.43 Å². The minimum Gasteiger partial charge on any atom is -0.482 e. The van der Waals surface area contributed by atoms with Crippen molar-refractivity contribution in [2.24, 2.45) is 0 Å². The Morgan fingerprint density at radius 1 is 1.06 bits per heavy atom. The maximum absolute atomic E-state index is 13.5. The third-order valence-corrected chi connectivity index (χ3v) is 6.75. The van der Waals surface area contributed by atoms with Crippen LogP contribution >= 0.6 is 23.2 Å². The Morgan fingerprint density at radius 3 is 2.52 bits per heavy atom. The lowest BCUT2D eigenvalue weighted by atomic mass is 9.89. The van der Waals surface area contributed by atoms with Crippen LogP contribution in [0.15, 0.2) is 42.5 Å². The second-order valence-electron chi connectivity index (χ2n) is 9.03. The lowest BCUT2D eigenvalue weighted by molar-refractivity contribution is 0.0760. The first-order valence-electron chi connectivity index (χ1n) is 11.3. The number of aromatic nitrogens is 2. The summed E-state index contributed by atoms with van der Waals surface area (Å²) in [6.45, 7) is 5.58. The van der Waals surface area contributed by atoms with Gasteiger partial charge in [0.25, 0.3) is 5.91 Å². The molecule has 2 aliphatic heterocycles. The van der Waals surface area contributed by atoms with E-state index < -0.39 is 5.60 Å². The van der Waals surface area contributed by atoms with Crippen LogP contribution in [-0.2, 0) is 5.60 Å². The van der Waals surface area contributed by atoms with Gasteiger partial charge in [-0.25, -0.2) is 9.69 Å². The zero-order chi connectivity index (χ0) is 23.2. The predicted octanol–water partition coefficient (Wildman–Crippen LogP) is 5.99. The molecule has 8 heteroatoms. The number of amides is 1. The Kier molecular flexibility index (Phi) is 5.85. The first-order chi connectivity index (χ1) is 15.8. The van der Waals surface area contributed by atoms with Crippen LogP contribution in [0.2, 0.25) is 10.0 Å². The monoisotopic (exact) mass is 484 g/mol. The number of fused-ring (bicyclic) bond motifs is 3. The standard InChI is InChI=1S/C25H26Cl2N4O2/c1-25(2)21-22(24(32)29-30-13-7-3-4-8-14-30)28-31(19-12-11-16(26)15-18(19)27)23(21)17-9-5-6-10-20(17)33-25/h5-6,9-12,15H,3-4,7-8,13-14H2,1-2H3,(H,29,32). The molecule has 1 aromatic heterocycles. The zero-order valence-corrected chi connectivity index (χ0v) is 20.2. The van der Waals surface area contributed by atoms with Crippen LogP contribution < -0.4 is 10.2 Å². The molecule has 0 radical (unpaired) electrons. The summed E-state index contributed by atoms with van der Waals surface area (Å²) in [7, 11) is 0. The molecule has 2 aliphatic rings. The molecule has 33 heavy (non-hydrogen) atoms. The van der Waals surface area contributed by atoms with Gasteiger partial charge in [-0.15, -0.1) is 0 Å². The van der Waals surface area contributed by atoms with Gasteiger partial charge in [0.05, 0.1) is 22.0 Å². The molecule has 1 amide bonds. The number of rotatable bonds is 3. The van der Waals surface area contributed by atoms with Gasteiger partial charge >= 0.3 is 0 Å². The van der Waals surface area contributed by atoms with E-state index in [1.165, 1.54) is 12.8 Å². The molecule has 5 rings (SSSR count). The van der Waals surface area contributed by atoms with Gasteiger partial charge in [0, 0.05) is 23.7 Å². The number of carbonyl (C=O) groups is 1. The second-order valence-corrected chi connectivity index (χ2v) is 9.87. The van der Waals surface area contributed by atoms with Gasteiger partial charge in [-0.2, -0.15) is 5.10 Å². The van der Waals surface area contributed by atoms with Crippen LogP contribution in [0, 0.1) is 0 Å². The molecule has 0 spiro atoms. The van der Waals surface area contributed by atoms with Crippen LogP contribution in [0.4, 0.5) is 0 Å². The number of nitrogens with one attached hydrogen (secondary N) is 1. The lowest BCUT2D eigenvalue weighted by Crippen LogP contribution is -2.44. The van der Waals surface area contributed by atoms with Crippen molar-refractivity contribution < 1.29 is 9.53 Å². The highest BCUT2D eigenvalue weighted by Crippen LogP contribution is 2.47. The van der Waals surface area contributed by atoms with Gasteiger partial charge in [-0.05, 0) is 57.0 Å². The summed E-state index contributed by atoms with van der Waals surface area (Å²) in [5, 5.41) is 7.79. The average Bonchev–Trinajstić information content (AvgIpc) is 3.00. The van der Waals surface area contributed by atoms with Gasteiger partial charge in [-0.3, -0.25) is 10.2 Å². The van der Waals surface area contributed by atoms with E-state index in [-0.39, 0.29) is 5.91 Å². The highest BCUT2D eigenvalue weighted by molar-refractivity contribution is 6.35. The van der Waals surface area contributed by atoms with Gasteiger partial charge in [0.1, 0.15) is 11.4 Å². The van der Waals surface area contributed by atoms with Crippen molar-refractivity contribution >= 4 is 29.1 Å². The topological polar surface area (TPSA) is 59.4 Å². The smallest absolute Gasteiger partial charge is 0.286 e. The first-order valence-corrected chi connectivity index (χ1v) is 12.0. The minimum absolute atomic E-state index is 0.243. The van der Waals surface area contributed by atoms with Crippen LogP contribution in [0.1, 0.15) is 55.6 Å². The van der Waals surface area contributed by atoms with Crippen molar-refractivity contribution in [3.05, 3.63) is 63.8 Å². The second kappa shape index (κ2) is 8.67. The number of benzene rings is 2. The first kappa shape index (κ1) is 22.3. The fourth-order valence-electron chi connectivity index (χ4n) is 4.68. The van der Waals surface area contributed by atoms with E-state index >= 15 is 0 Å². The molecule has 6 nitrogen and oxygen atoms in total. The Labute approximate surface area is 203 Å². The maximum atomic E-state index is 13.5. The minimum atomic E-state index is -0.772. The van der Waals surface area contributed by atoms with Gasteiger partial charge in [0.2, 0.25) is 0 Å². The predicted molar refractivity (Wildman–Crippen MR) is 130 cm³/mol. The van der Waals surface area contributed by atoms with Crippen molar-refractivity contribution in [2.75, 3.05) is 13.1 Å². The fraction of sp³-hybridized carbons (Fsp3) is 0.360. The number of carbonyl (C=O) groups excluding carboxylic acids is 1. The van der Waals surface area contributed by atoms with Crippen molar-refractivity contribution in [3.63, 3.8) is 0 Å². The zero-order valence-electron chi connectivity index (χ0n) is 18.7. The molecule has 0 atom stereocenters. The highest BCUT2D eigenvalue weighted by atomic mass is 35.5. The summed E-state index contributed by atoms with van der Waals surface area (Å²) in [6.07, 6.45) is 4.50. The summed E-state index contributed by atoms with van der Waals surface area (Å²) < 4.78 is 8.09. The van der Waals surface area contributed by atoms with Crippen molar-refractivity contribution in [2.45, 2.75) is 45.1 Å². The third-order valence-electron chi connectivity index (χ3n) is 6.21. The van der Waals surface area contributed by atoms with Crippen LogP contribution in [0.3, 0.4) is 0 Å². The summed E-state index contributed by atoms with van der Waals surface area (Å²) >= 11 is 12.7. The van der Waals surface area contributed by atoms with E-state index in [1.807, 2.05) is 49.2 Å². The molecule has 3 aromatic rings. The Balaban J connectivity index is 1.68. The van der Waals surface area contributed by atoms with Crippen molar-refractivity contribution in [1.82, 2.24) is 20.2 Å². The molecule has 0 aliphatic carbocycles. The molecule has 3 heterocycles. The van der Waals surface area contributed by atoms with Gasteiger partial charge < -0.3 is 4.74 Å². The van der Waals surface area contributed by atoms with Crippen LogP contribution in [-0.4, -0.2) is 33.8 Å². The molecule has 1 saturated heterocycles. The Bertz CT molecular complexity index is 1210. The fourth-order valence-corrected chi connectivity index (χ4v) is 5.17. The SMILES string of the molecule is CC1(C)Oc2ccccc2-c2c1c(C(=O)NN1CCCCCC1)nn2-c1ccc(Cl)cc1Cl. The number of hydrazine groups is 1. The Morgan fingerprint density at radius 2 is 1.79 bits per heavy atom. The summed E-state index contributed by atoms with van der Waals surface area (Å²) in [6, 6.07) is 13.0. The van der Waals surface area contributed by atoms with Gasteiger partial charge in [0.15, 0.2) is 5.69 Å². The van der Waals surface area contributed by atoms with E-state index in [0.29, 0.717) is 21.4 Å². The largest absolute Gasteiger partial charge is 0.482 e. The molecule has 172 valence electrons. The number of hydrogen-bond acceptors (Lipinski definition) is 4. The Hall–Kier alpha value is -2.54. The van der Waals surface area contributed by atoms with Crippen LogP contribution in [0.5, 0.6) is 5.75 Å². The molecule has 0 saturated carbocycles. The molecular formula is C25H26Cl2N4O2. The van der Waals surface area contributed by atoms with Crippen molar-refractivity contribution in [3.8, 4) is 22.7 Å².